The minimum absolute atomic E-state index is 0.108. The third-order valence-corrected chi connectivity index (χ3v) is 5.91. The maximum atomic E-state index is 13.4. The highest BCUT2D eigenvalue weighted by Crippen LogP contribution is 2.40. The molecule has 0 radical (unpaired) electrons. The fourth-order valence-electron chi connectivity index (χ4n) is 4.02. The third-order valence-electron chi connectivity index (χ3n) is 5.45. The zero-order valence-corrected chi connectivity index (χ0v) is 17.3. The minimum atomic E-state index is -0.108. The Morgan fingerprint density at radius 1 is 1.18 bits per heavy atom. The van der Waals surface area contributed by atoms with Crippen LogP contribution < -0.4 is 4.90 Å². The molecule has 5 nitrogen and oxygen atoms in total. The van der Waals surface area contributed by atoms with Gasteiger partial charge in [0.25, 0.3) is 5.91 Å². The van der Waals surface area contributed by atoms with Gasteiger partial charge in [0.05, 0.1) is 11.4 Å². The van der Waals surface area contributed by atoms with E-state index in [9.17, 15) is 4.79 Å². The van der Waals surface area contributed by atoms with Gasteiger partial charge in [-0.15, -0.1) is 5.10 Å². The summed E-state index contributed by atoms with van der Waals surface area (Å²) in [4.78, 5) is 20.0. The SMILES string of the molecule is Cc1cc(Br)cc2c1N(C(=O)c1nc(C3CC3)n(-c3ccccc3)n1)CCC2. The van der Waals surface area contributed by atoms with Crippen LogP contribution in [0.15, 0.2) is 46.9 Å². The standard InChI is InChI=1S/C22H21BrN4O/c1-14-12-17(23)13-16-6-5-11-26(19(14)16)22(28)20-24-21(15-9-10-15)27(25-20)18-7-3-2-4-8-18/h2-4,7-8,12-13,15H,5-6,9-11H2,1H3. The normalized spacial score (nSPS) is 16.1. The van der Waals surface area contributed by atoms with Crippen LogP contribution in [0, 0.1) is 6.92 Å². The highest BCUT2D eigenvalue weighted by Gasteiger charge is 2.34. The van der Waals surface area contributed by atoms with Gasteiger partial charge in [-0.2, -0.15) is 0 Å². The lowest BCUT2D eigenvalue weighted by Crippen LogP contribution is -2.36. The van der Waals surface area contributed by atoms with Crippen LogP contribution in [0.3, 0.4) is 0 Å². The third kappa shape index (κ3) is 3.05. The van der Waals surface area contributed by atoms with E-state index in [4.69, 9.17) is 4.98 Å². The van der Waals surface area contributed by atoms with Crippen LogP contribution in [-0.2, 0) is 6.42 Å². The summed E-state index contributed by atoms with van der Waals surface area (Å²) >= 11 is 3.57. The average Bonchev–Trinajstić information content (AvgIpc) is 3.45. The molecular weight excluding hydrogens is 416 g/mol. The number of carbonyl (C=O) groups excluding carboxylic acids is 1. The lowest BCUT2D eigenvalue weighted by Gasteiger charge is -2.30. The number of fused-ring (bicyclic) bond motifs is 1. The molecule has 1 fully saturated rings. The summed E-state index contributed by atoms with van der Waals surface area (Å²) in [5, 5.41) is 4.64. The second-order valence-electron chi connectivity index (χ2n) is 7.61. The van der Waals surface area contributed by atoms with Gasteiger partial charge in [-0.25, -0.2) is 9.67 Å². The van der Waals surface area contributed by atoms with Crippen molar-refractivity contribution >= 4 is 27.5 Å². The number of aromatic nitrogens is 3. The molecule has 142 valence electrons. The lowest BCUT2D eigenvalue weighted by atomic mass is 9.98. The van der Waals surface area contributed by atoms with Crippen molar-refractivity contribution in [1.29, 1.82) is 0 Å². The maximum Gasteiger partial charge on any atom is 0.297 e. The molecular formula is C22H21BrN4O. The largest absolute Gasteiger partial charge is 0.305 e. The number of nitrogens with zero attached hydrogens (tertiary/aromatic N) is 4. The van der Waals surface area contributed by atoms with Gasteiger partial charge in [-0.05, 0) is 68.0 Å². The predicted molar refractivity (Wildman–Crippen MR) is 112 cm³/mol. The van der Waals surface area contributed by atoms with Crippen LogP contribution in [0.5, 0.6) is 0 Å². The van der Waals surface area contributed by atoms with Crippen LogP contribution in [0.25, 0.3) is 5.69 Å². The summed E-state index contributed by atoms with van der Waals surface area (Å²) in [6.45, 7) is 2.76. The Hall–Kier alpha value is -2.47. The van der Waals surface area contributed by atoms with E-state index in [1.165, 1.54) is 5.56 Å². The van der Waals surface area contributed by atoms with Gasteiger partial charge in [-0.1, -0.05) is 34.1 Å². The molecule has 6 heteroatoms. The summed E-state index contributed by atoms with van der Waals surface area (Å²) in [7, 11) is 0. The Morgan fingerprint density at radius 3 is 2.71 bits per heavy atom. The van der Waals surface area contributed by atoms with Crippen molar-refractivity contribution in [3.8, 4) is 5.69 Å². The molecule has 0 unspecified atom stereocenters. The molecule has 1 aliphatic carbocycles. The van der Waals surface area contributed by atoms with Gasteiger partial charge in [0, 0.05) is 16.9 Å². The minimum Gasteiger partial charge on any atom is -0.305 e. The van der Waals surface area contributed by atoms with E-state index in [0.717, 1.165) is 52.9 Å². The fraction of sp³-hybridized carbons (Fsp3) is 0.318. The molecule has 5 rings (SSSR count). The smallest absolute Gasteiger partial charge is 0.297 e. The summed E-state index contributed by atoms with van der Waals surface area (Å²) in [6, 6.07) is 14.1. The molecule has 1 saturated carbocycles. The second-order valence-corrected chi connectivity index (χ2v) is 8.52. The first-order valence-corrected chi connectivity index (χ1v) is 10.5. The highest BCUT2D eigenvalue weighted by atomic mass is 79.9. The fourth-order valence-corrected chi connectivity index (χ4v) is 4.64. The van der Waals surface area contributed by atoms with Crippen molar-refractivity contribution in [1.82, 2.24) is 14.8 Å². The number of aryl methyl sites for hydroxylation is 2. The molecule has 1 aromatic heterocycles. The number of halogens is 1. The van der Waals surface area contributed by atoms with Crippen LogP contribution >= 0.6 is 15.9 Å². The first-order valence-electron chi connectivity index (χ1n) is 9.75. The van der Waals surface area contributed by atoms with Crippen LogP contribution in [0.2, 0.25) is 0 Å². The second kappa shape index (κ2) is 6.85. The Balaban J connectivity index is 1.56. The molecule has 1 aliphatic heterocycles. The molecule has 2 heterocycles. The molecule has 28 heavy (non-hydrogen) atoms. The zero-order chi connectivity index (χ0) is 19.3. The highest BCUT2D eigenvalue weighted by molar-refractivity contribution is 9.10. The lowest BCUT2D eigenvalue weighted by molar-refractivity contribution is 0.0975. The van der Waals surface area contributed by atoms with Gasteiger partial charge in [0.1, 0.15) is 5.82 Å². The number of benzene rings is 2. The topological polar surface area (TPSA) is 51.0 Å². The maximum absolute atomic E-state index is 13.4. The molecule has 0 atom stereocenters. The molecule has 0 bridgehead atoms. The molecule has 3 aromatic rings. The number of carbonyl (C=O) groups is 1. The van der Waals surface area contributed by atoms with E-state index in [1.54, 1.807) is 0 Å². The van der Waals surface area contributed by atoms with Gasteiger partial charge in [0.15, 0.2) is 0 Å². The average molecular weight is 437 g/mol. The van der Waals surface area contributed by atoms with Crippen molar-refractivity contribution in [2.45, 2.75) is 38.5 Å². The quantitative estimate of drug-likeness (QED) is 0.591. The number of hydrogen-bond donors (Lipinski definition) is 0. The Bertz CT molecular complexity index is 1060. The molecule has 2 aliphatic rings. The monoisotopic (exact) mass is 436 g/mol. The van der Waals surface area contributed by atoms with Gasteiger partial charge in [-0.3, -0.25) is 4.79 Å². The molecule has 0 spiro atoms. The summed E-state index contributed by atoms with van der Waals surface area (Å²) in [5.74, 6) is 1.49. The number of rotatable bonds is 3. The Morgan fingerprint density at radius 2 is 1.96 bits per heavy atom. The Kier molecular flexibility index (Phi) is 4.31. The molecule has 1 amide bonds. The van der Waals surface area contributed by atoms with Crippen LogP contribution in [0.4, 0.5) is 5.69 Å². The van der Waals surface area contributed by atoms with Crippen LogP contribution in [-0.4, -0.2) is 27.2 Å². The van der Waals surface area contributed by atoms with Gasteiger partial charge < -0.3 is 4.90 Å². The number of amides is 1. The number of anilines is 1. The van der Waals surface area contributed by atoms with Crippen molar-refractivity contribution in [3.63, 3.8) is 0 Å². The van der Waals surface area contributed by atoms with E-state index in [1.807, 2.05) is 39.9 Å². The number of para-hydroxylation sites is 1. The summed E-state index contributed by atoms with van der Waals surface area (Å²) in [5.41, 5.74) is 4.28. The molecule has 2 aromatic carbocycles. The summed E-state index contributed by atoms with van der Waals surface area (Å²) < 4.78 is 2.91. The van der Waals surface area contributed by atoms with Crippen molar-refractivity contribution in [2.24, 2.45) is 0 Å². The van der Waals surface area contributed by atoms with Crippen molar-refractivity contribution in [2.75, 3.05) is 11.4 Å². The predicted octanol–water partition coefficient (Wildman–Crippen LogP) is 4.81. The van der Waals surface area contributed by atoms with Gasteiger partial charge >= 0.3 is 0 Å². The summed E-state index contributed by atoms with van der Waals surface area (Å²) in [6.07, 6.45) is 4.15. The zero-order valence-electron chi connectivity index (χ0n) is 15.7. The van der Waals surface area contributed by atoms with E-state index in [-0.39, 0.29) is 5.91 Å². The first-order chi connectivity index (χ1) is 13.6. The van der Waals surface area contributed by atoms with Gasteiger partial charge in [0.2, 0.25) is 5.82 Å². The number of hydrogen-bond acceptors (Lipinski definition) is 3. The van der Waals surface area contributed by atoms with E-state index in [2.05, 4.69) is 40.1 Å². The Labute approximate surface area is 172 Å². The molecule has 0 saturated heterocycles. The first kappa shape index (κ1) is 17.6. The van der Waals surface area contributed by atoms with E-state index in [0.29, 0.717) is 18.3 Å². The van der Waals surface area contributed by atoms with E-state index < -0.39 is 0 Å². The van der Waals surface area contributed by atoms with Crippen molar-refractivity contribution < 1.29 is 4.79 Å². The molecule has 0 N–H and O–H groups in total. The van der Waals surface area contributed by atoms with Crippen molar-refractivity contribution in [3.05, 3.63) is 69.7 Å². The van der Waals surface area contributed by atoms with E-state index >= 15 is 0 Å². The van der Waals surface area contributed by atoms with Crippen LogP contribution in [0.1, 0.15) is 52.8 Å².